The lowest BCUT2D eigenvalue weighted by molar-refractivity contribution is -0.125. The molecule has 0 saturated heterocycles. The summed E-state index contributed by atoms with van der Waals surface area (Å²) in [6.07, 6.45) is 8.02. The van der Waals surface area contributed by atoms with Gasteiger partial charge in [0.1, 0.15) is 5.75 Å². The van der Waals surface area contributed by atoms with Crippen molar-refractivity contribution in [1.82, 2.24) is 5.32 Å². The van der Waals surface area contributed by atoms with Crippen LogP contribution in [0.4, 0.5) is 0 Å². The van der Waals surface area contributed by atoms with Gasteiger partial charge in [0, 0.05) is 5.41 Å². The largest absolute Gasteiger partial charge is 0.493 e. The van der Waals surface area contributed by atoms with Crippen LogP contribution in [-0.2, 0) is 4.79 Å². The second-order valence-corrected chi connectivity index (χ2v) is 11.3. The third-order valence-corrected chi connectivity index (χ3v) is 7.86. The van der Waals surface area contributed by atoms with E-state index in [9.17, 15) is 9.90 Å². The minimum Gasteiger partial charge on any atom is -0.493 e. The quantitative estimate of drug-likeness (QED) is 0.518. The zero-order valence-corrected chi connectivity index (χ0v) is 20.3. The zero-order valence-electron chi connectivity index (χ0n) is 20.3. The van der Waals surface area contributed by atoms with E-state index in [4.69, 9.17) is 4.74 Å². The van der Waals surface area contributed by atoms with E-state index in [1.807, 2.05) is 42.5 Å². The summed E-state index contributed by atoms with van der Waals surface area (Å²) in [6, 6.07) is 17.5. The molecule has 33 heavy (non-hydrogen) atoms. The monoisotopic (exact) mass is 449 g/mol. The summed E-state index contributed by atoms with van der Waals surface area (Å²) in [5.74, 6) is 1.12. The van der Waals surface area contributed by atoms with Crippen LogP contribution in [0, 0.1) is 16.7 Å². The molecular formula is C29H39NO3. The van der Waals surface area contributed by atoms with Gasteiger partial charge in [0.15, 0.2) is 0 Å². The summed E-state index contributed by atoms with van der Waals surface area (Å²) in [4.78, 5) is 13.1. The Balaban J connectivity index is 1.43. The summed E-state index contributed by atoms with van der Waals surface area (Å²) in [5.41, 5.74) is 2.06. The van der Waals surface area contributed by atoms with Gasteiger partial charge < -0.3 is 15.2 Å². The summed E-state index contributed by atoms with van der Waals surface area (Å²) >= 11 is 0. The van der Waals surface area contributed by atoms with Crippen LogP contribution in [0.1, 0.15) is 82.4 Å². The molecule has 5 rings (SSSR count). The number of aliphatic hydroxyl groups is 1. The van der Waals surface area contributed by atoms with Crippen LogP contribution in [0.2, 0.25) is 0 Å². The van der Waals surface area contributed by atoms with Gasteiger partial charge in [0.25, 0.3) is 0 Å². The summed E-state index contributed by atoms with van der Waals surface area (Å²) in [7, 11) is 0. The number of benzene rings is 2. The van der Waals surface area contributed by atoms with Crippen LogP contribution < -0.4 is 10.1 Å². The first kappa shape index (κ1) is 23.8. The first-order chi connectivity index (χ1) is 15.8. The van der Waals surface area contributed by atoms with Crippen molar-refractivity contribution in [2.45, 2.75) is 71.3 Å². The fraction of sp³-hybridized carbons (Fsp3) is 0.552. The molecule has 0 heterocycles. The molecule has 3 saturated carbocycles. The molecule has 1 amide bonds. The van der Waals surface area contributed by atoms with Gasteiger partial charge in [0.2, 0.25) is 5.91 Å². The Morgan fingerprint density at radius 1 is 1.00 bits per heavy atom. The van der Waals surface area contributed by atoms with Gasteiger partial charge in [-0.25, -0.2) is 0 Å². The maximum absolute atomic E-state index is 13.1. The van der Waals surface area contributed by atoms with Gasteiger partial charge in [-0.15, -0.1) is 0 Å². The number of carbonyl (C=O) groups is 1. The van der Waals surface area contributed by atoms with Crippen molar-refractivity contribution >= 4 is 5.91 Å². The van der Waals surface area contributed by atoms with Crippen LogP contribution >= 0.6 is 0 Å². The van der Waals surface area contributed by atoms with Crippen molar-refractivity contribution < 1.29 is 14.6 Å². The topological polar surface area (TPSA) is 58.6 Å². The Morgan fingerprint density at radius 2 is 1.61 bits per heavy atom. The molecule has 2 aromatic carbocycles. The Hall–Kier alpha value is -2.33. The second kappa shape index (κ2) is 9.89. The Bertz CT molecular complexity index is 894. The van der Waals surface area contributed by atoms with E-state index >= 15 is 0 Å². The van der Waals surface area contributed by atoms with Crippen molar-refractivity contribution in [1.29, 1.82) is 0 Å². The van der Waals surface area contributed by atoms with Gasteiger partial charge in [0.05, 0.1) is 25.2 Å². The summed E-state index contributed by atoms with van der Waals surface area (Å²) in [5, 5.41) is 13.1. The molecule has 0 radical (unpaired) electrons. The number of aliphatic hydroxyl groups excluding tert-OH is 1. The summed E-state index contributed by atoms with van der Waals surface area (Å²) in [6.45, 7) is 6.96. The molecule has 0 aromatic heterocycles. The van der Waals surface area contributed by atoms with Crippen LogP contribution in [0.15, 0.2) is 54.6 Å². The molecule has 2 N–H and O–H groups in total. The van der Waals surface area contributed by atoms with E-state index in [0.29, 0.717) is 5.41 Å². The highest BCUT2D eigenvalue weighted by Gasteiger charge is 2.41. The van der Waals surface area contributed by atoms with Crippen molar-refractivity contribution in [3.63, 3.8) is 0 Å². The lowest BCUT2D eigenvalue weighted by Gasteiger charge is -2.46. The van der Waals surface area contributed by atoms with Gasteiger partial charge in [-0.05, 0) is 73.1 Å². The van der Waals surface area contributed by atoms with Gasteiger partial charge in [-0.1, -0.05) is 63.2 Å². The number of ether oxygens (including phenoxy) is 1. The maximum Gasteiger partial charge on any atom is 0.230 e. The fourth-order valence-corrected chi connectivity index (χ4v) is 5.62. The Morgan fingerprint density at radius 3 is 2.15 bits per heavy atom. The van der Waals surface area contributed by atoms with Crippen molar-refractivity contribution in [2.75, 3.05) is 13.2 Å². The molecule has 4 nitrogen and oxygen atoms in total. The molecule has 3 aliphatic rings. The molecular weight excluding hydrogens is 410 g/mol. The van der Waals surface area contributed by atoms with Crippen molar-refractivity contribution in [3.05, 3.63) is 65.7 Å². The van der Waals surface area contributed by atoms with E-state index in [2.05, 4.69) is 38.2 Å². The minimum atomic E-state index is -0.580. The minimum absolute atomic E-state index is 0.157. The first-order valence-electron chi connectivity index (χ1n) is 12.5. The number of hydrogen-bond acceptors (Lipinski definition) is 3. The highest BCUT2D eigenvalue weighted by Crippen LogP contribution is 2.50. The molecule has 2 aromatic rings. The van der Waals surface area contributed by atoms with Crippen LogP contribution in [-0.4, -0.2) is 24.2 Å². The van der Waals surface area contributed by atoms with Crippen molar-refractivity contribution in [3.8, 4) is 5.75 Å². The van der Waals surface area contributed by atoms with E-state index in [1.54, 1.807) is 0 Å². The predicted octanol–water partition coefficient (Wildman–Crippen LogP) is 6.02. The predicted molar refractivity (Wildman–Crippen MR) is 132 cm³/mol. The average molecular weight is 450 g/mol. The summed E-state index contributed by atoms with van der Waals surface area (Å²) < 4.78 is 6.26. The molecule has 2 bridgehead atoms. The molecule has 2 atom stereocenters. The number of rotatable bonds is 8. The van der Waals surface area contributed by atoms with Crippen LogP contribution in [0.3, 0.4) is 0 Å². The van der Waals surface area contributed by atoms with Crippen LogP contribution in [0.5, 0.6) is 5.75 Å². The number of carbonyl (C=O) groups excluding carboxylic acids is 1. The smallest absolute Gasteiger partial charge is 0.230 e. The Labute approximate surface area is 198 Å². The van der Waals surface area contributed by atoms with Crippen molar-refractivity contribution in [2.24, 2.45) is 16.7 Å². The molecule has 0 unspecified atom stereocenters. The third-order valence-electron chi connectivity index (χ3n) is 7.86. The van der Waals surface area contributed by atoms with E-state index in [-0.39, 0.29) is 24.0 Å². The van der Waals surface area contributed by atoms with Gasteiger partial charge >= 0.3 is 0 Å². The lowest BCUT2D eigenvalue weighted by atomic mass is 9.61. The van der Waals surface area contributed by atoms with E-state index < -0.39 is 5.92 Å². The van der Waals surface area contributed by atoms with Gasteiger partial charge in [-0.3, -0.25) is 4.79 Å². The number of nitrogens with one attached hydrogen (secondary N) is 1. The normalized spacial score (nSPS) is 24.2. The highest BCUT2D eigenvalue weighted by molar-refractivity contribution is 5.84. The molecule has 3 fully saturated rings. The zero-order chi connectivity index (χ0) is 23.5. The molecule has 3 aliphatic carbocycles. The molecule has 0 aliphatic heterocycles. The Kier molecular flexibility index (Phi) is 7.13. The van der Waals surface area contributed by atoms with Crippen LogP contribution in [0.25, 0.3) is 0 Å². The molecule has 0 spiro atoms. The maximum atomic E-state index is 13.1. The molecule has 178 valence electrons. The fourth-order valence-electron chi connectivity index (χ4n) is 5.62. The third kappa shape index (κ3) is 5.60. The second-order valence-electron chi connectivity index (χ2n) is 11.3. The number of amides is 1. The number of hydrogen-bond donors (Lipinski definition) is 2. The number of fused-ring (bicyclic) bond motifs is 3. The molecule has 4 heteroatoms. The lowest BCUT2D eigenvalue weighted by Crippen LogP contribution is -2.40. The van der Waals surface area contributed by atoms with Gasteiger partial charge in [-0.2, -0.15) is 0 Å². The average Bonchev–Trinajstić information content (AvgIpc) is 2.83. The first-order valence-corrected chi connectivity index (χ1v) is 12.5. The standard InChI is InChI=1S/C29H39NO3/c1-28(2,3)26(30-27(32)25(19-31)22-7-5-4-6-8-22)23-9-11-24(12-10-23)33-20-29-16-13-21(14-17-29)15-18-29/h4-12,21,25-26,31H,13-20H2,1-3H3,(H,30,32)/t21?,25-,26+,29?/m0/s1. The van der Waals surface area contributed by atoms with E-state index in [1.165, 1.54) is 38.5 Å². The SMILES string of the molecule is CC(C)(C)[C@H](NC(=O)[C@@H](CO)c1ccccc1)c1ccc(OCC23CCC(CC2)CC3)cc1. The highest BCUT2D eigenvalue weighted by atomic mass is 16.5. The van der Waals surface area contributed by atoms with E-state index in [0.717, 1.165) is 29.4 Å².